The molecule has 0 bridgehead atoms. The second-order valence-corrected chi connectivity index (χ2v) is 8.55. The van der Waals surface area contributed by atoms with Crippen LogP contribution in [0.1, 0.15) is 55.8 Å². The molecular weight excluding hydrogens is 392 g/mol. The maximum atomic E-state index is 12.8. The summed E-state index contributed by atoms with van der Waals surface area (Å²) in [5.41, 5.74) is 2.72. The summed E-state index contributed by atoms with van der Waals surface area (Å²) in [5.74, 6) is -0.340. The number of nitrogens with zero attached hydrogens (tertiary/aromatic N) is 3. The van der Waals surface area contributed by atoms with Gasteiger partial charge in [0, 0.05) is 48.7 Å². The van der Waals surface area contributed by atoms with Crippen LogP contribution in [0.3, 0.4) is 0 Å². The van der Waals surface area contributed by atoms with E-state index < -0.39 is 4.92 Å². The number of benzene rings is 2. The van der Waals surface area contributed by atoms with Crippen LogP contribution in [0.4, 0.5) is 22.7 Å². The van der Waals surface area contributed by atoms with Crippen molar-refractivity contribution in [3.63, 3.8) is 0 Å². The van der Waals surface area contributed by atoms with E-state index in [-0.39, 0.29) is 11.6 Å². The number of carbonyl (C=O) groups excluding carboxylic acids is 1. The monoisotopic (exact) mass is 422 g/mol. The first-order valence-corrected chi connectivity index (χ1v) is 11.2. The number of piperidine rings is 2. The predicted octanol–water partition coefficient (Wildman–Crippen LogP) is 5.22. The normalized spacial score (nSPS) is 19.2. The summed E-state index contributed by atoms with van der Waals surface area (Å²) >= 11 is 0. The minimum absolute atomic E-state index is 0.0102. The molecule has 2 heterocycles. The van der Waals surface area contributed by atoms with Crippen molar-refractivity contribution in [2.75, 3.05) is 34.8 Å². The number of nitro groups is 1. The van der Waals surface area contributed by atoms with Crippen molar-refractivity contribution in [3.05, 3.63) is 58.1 Å². The fourth-order valence-corrected chi connectivity index (χ4v) is 4.63. The van der Waals surface area contributed by atoms with Gasteiger partial charge in [-0.3, -0.25) is 14.9 Å². The van der Waals surface area contributed by atoms with Gasteiger partial charge in [-0.05, 0) is 81.8 Å². The van der Waals surface area contributed by atoms with Crippen LogP contribution in [-0.2, 0) is 0 Å². The molecule has 1 amide bonds. The highest BCUT2D eigenvalue weighted by Gasteiger charge is 2.23. The van der Waals surface area contributed by atoms with Gasteiger partial charge >= 0.3 is 0 Å². The number of amides is 1. The largest absolute Gasteiger partial charge is 0.369 e. The summed E-state index contributed by atoms with van der Waals surface area (Å²) < 4.78 is 0. The number of hydrogen-bond acceptors (Lipinski definition) is 5. The van der Waals surface area contributed by atoms with Crippen LogP contribution in [-0.4, -0.2) is 36.5 Å². The highest BCUT2D eigenvalue weighted by Crippen LogP contribution is 2.32. The summed E-state index contributed by atoms with van der Waals surface area (Å²) in [7, 11) is 0. The Morgan fingerprint density at radius 3 is 2.39 bits per heavy atom. The molecule has 0 spiro atoms. The van der Waals surface area contributed by atoms with Crippen molar-refractivity contribution in [3.8, 4) is 0 Å². The van der Waals surface area contributed by atoms with E-state index in [2.05, 4.69) is 17.1 Å². The lowest BCUT2D eigenvalue weighted by molar-refractivity contribution is -0.384. The third kappa shape index (κ3) is 4.81. The van der Waals surface area contributed by atoms with Gasteiger partial charge in [-0.15, -0.1) is 0 Å². The molecule has 0 aromatic heterocycles. The van der Waals surface area contributed by atoms with E-state index >= 15 is 0 Å². The Bertz CT molecular complexity index is 938. The number of anilines is 3. The highest BCUT2D eigenvalue weighted by atomic mass is 16.6. The third-order valence-corrected chi connectivity index (χ3v) is 6.39. The molecule has 1 N–H and O–H groups in total. The van der Waals surface area contributed by atoms with E-state index in [1.54, 1.807) is 12.1 Å². The summed E-state index contributed by atoms with van der Waals surface area (Å²) in [6.07, 6.45) is 6.89. The summed E-state index contributed by atoms with van der Waals surface area (Å²) in [6, 6.07) is 13.1. The summed E-state index contributed by atoms with van der Waals surface area (Å²) in [4.78, 5) is 28.5. The second kappa shape index (κ2) is 9.37. The first-order valence-electron chi connectivity index (χ1n) is 11.2. The second-order valence-electron chi connectivity index (χ2n) is 8.55. The fourth-order valence-electron chi connectivity index (χ4n) is 4.63. The number of rotatable bonds is 5. The lowest BCUT2D eigenvalue weighted by atomic mass is 10.0. The van der Waals surface area contributed by atoms with Gasteiger partial charge in [-0.1, -0.05) is 0 Å². The molecule has 2 aromatic carbocycles. The SMILES string of the molecule is C[C@@H]1CCCCN1c1ccc(NC(=O)c2ccc(N3CCCCC3)c([N+](=O)[O-])c2)cc1. The Labute approximate surface area is 183 Å². The van der Waals surface area contributed by atoms with Crippen LogP contribution in [0.25, 0.3) is 0 Å². The van der Waals surface area contributed by atoms with Crippen LogP contribution in [0.2, 0.25) is 0 Å². The number of carbonyl (C=O) groups is 1. The topological polar surface area (TPSA) is 78.7 Å². The molecule has 0 unspecified atom stereocenters. The van der Waals surface area contributed by atoms with Gasteiger partial charge in [0.05, 0.1) is 4.92 Å². The maximum Gasteiger partial charge on any atom is 0.293 e. The third-order valence-electron chi connectivity index (χ3n) is 6.39. The zero-order valence-corrected chi connectivity index (χ0v) is 18.0. The molecule has 2 aliphatic heterocycles. The zero-order valence-electron chi connectivity index (χ0n) is 18.0. The molecule has 164 valence electrons. The standard InChI is InChI=1S/C24H30N4O3/c1-18-7-3-6-16-27(18)21-11-9-20(10-12-21)25-24(29)19-8-13-22(23(17-19)28(30)31)26-14-4-2-5-15-26/h8-13,17-18H,2-7,14-16H2,1H3,(H,25,29)/t18-/m1/s1. The van der Waals surface area contributed by atoms with Gasteiger partial charge in [-0.2, -0.15) is 0 Å². The minimum Gasteiger partial charge on any atom is -0.369 e. The van der Waals surface area contributed by atoms with E-state index in [1.807, 2.05) is 29.2 Å². The molecule has 7 heteroatoms. The first kappa shape index (κ1) is 21.2. The molecule has 2 aliphatic rings. The minimum atomic E-state index is -0.394. The summed E-state index contributed by atoms with van der Waals surface area (Å²) in [5, 5.41) is 14.5. The fraction of sp³-hybridized carbons (Fsp3) is 0.458. The van der Waals surface area contributed by atoms with E-state index in [4.69, 9.17) is 0 Å². The maximum absolute atomic E-state index is 12.8. The van der Waals surface area contributed by atoms with Gasteiger partial charge in [0.15, 0.2) is 0 Å². The van der Waals surface area contributed by atoms with Crippen molar-refractivity contribution in [1.82, 2.24) is 0 Å². The lowest BCUT2D eigenvalue weighted by Crippen LogP contribution is -2.37. The molecule has 1 atom stereocenters. The van der Waals surface area contributed by atoms with E-state index in [1.165, 1.54) is 25.3 Å². The van der Waals surface area contributed by atoms with E-state index in [0.29, 0.717) is 23.0 Å². The number of nitrogens with one attached hydrogen (secondary N) is 1. The molecule has 4 rings (SSSR count). The Balaban J connectivity index is 1.48. The molecule has 2 aromatic rings. The molecule has 0 radical (unpaired) electrons. The quantitative estimate of drug-likeness (QED) is 0.528. The molecule has 7 nitrogen and oxygen atoms in total. The molecular formula is C24H30N4O3. The Hall–Kier alpha value is -3.09. The van der Waals surface area contributed by atoms with Crippen molar-refractivity contribution in [2.24, 2.45) is 0 Å². The lowest BCUT2D eigenvalue weighted by Gasteiger charge is -2.35. The molecule has 2 saturated heterocycles. The van der Waals surface area contributed by atoms with Crippen molar-refractivity contribution < 1.29 is 9.72 Å². The van der Waals surface area contributed by atoms with Gasteiger partial charge < -0.3 is 15.1 Å². The van der Waals surface area contributed by atoms with Crippen LogP contribution in [0.5, 0.6) is 0 Å². The average molecular weight is 423 g/mol. The summed E-state index contributed by atoms with van der Waals surface area (Å²) in [6.45, 7) is 4.93. The molecule has 0 aliphatic carbocycles. The van der Waals surface area contributed by atoms with Crippen LogP contribution < -0.4 is 15.1 Å². The van der Waals surface area contributed by atoms with Crippen molar-refractivity contribution in [1.29, 1.82) is 0 Å². The Morgan fingerprint density at radius 1 is 1.00 bits per heavy atom. The number of nitro benzene ring substituents is 1. The predicted molar refractivity (Wildman–Crippen MR) is 124 cm³/mol. The molecule has 2 fully saturated rings. The smallest absolute Gasteiger partial charge is 0.293 e. The number of hydrogen-bond donors (Lipinski definition) is 1. The van der Waals surface area contributed by atoms with Crippen LogP contribution in [0.15, 0.2) is 42.5 Å². The Kier molecular flexibility index (Phi) is 6.39. The van der Waals surface area contributed by atoms with Gasteiger partial charge in [0.25, 0.3) is 11.6 Å². The van der Waals surface area contributed by atoms with Crippen LogP contribution >= 0.6 is 0 Å². The zero-order chi connectivity index (χ0) is 21.8. The van der Waals surface area contributed by atoms with E-state index in [9.17, 15) is 14.9 Å². The molecule has 0 saturated carbocycles. The van der Waals surface area contributed by atoms with E-state index in [0.717, 1.165) is 44.6 Å². The first-order chi connectivity index (χ1) is 15.0. The van der Waals surface area contributed by atoms with Gasteiger partial charge in [0.1, 0.15) is 5.69 Å². The molecule has 31 heavy (non-hydrogen) atoms. The Morgan fingerprint density at radius 2 is 1.71 bits per heavy atom. The average Bonchev–Trinajstić information content (AvgIpc) is 2.80. The van der Waals surface area contributed by atoms with Crippen molar-refractivity contribution in [2.45, 2.75) is 51.5 Å². The van der Waals surface area contributed by atoms with Gasteiger partial charge in [-0.25, -0.2) is 0 Å². The van der Waals surface area contributed by atoms with Crippen LogP contribution in [0, 0.1) is 10.1 Å². The highest BCUT2D eigenvalue weighted by molar-refractivity contribution is 6.05. The van der Waals surface area contributed by atoms with Gasteiger partial charge in [0.2, 0.25) is 0 Å². The van der Waals surface area contributed by atoms with Crippen molar-refractivity contribution >= 4 is 28.7 Å².